The van der Waals surface area contributed by atoms with E-state index in [0.717, 1.165) is 0 Å². The molecule has 0 amide bonds. The summed E-state index contributed by atoms with van der Waals surface area (Å²) in [5.74, 6) is -4.01. The number of benzene rings is 1. The van der Waals surface area contributed by atoms with Crippen molar-refractivity contribution in [2.24, 2.45) is 0 Å². The minimum absolute atomic E-state index is 0.106. The minimum atomic E-state index is -1.63. The summed E-state index contributed by atoms with van der Waals surface area (Å²) in [7, 11) is 0. The second kappa shape index (κ2) is 5.00. The van der Waals surface area contributed by atoms with Crippen LogP contribution < -0.4 is 11.3 Å². The molecule has 0 bridgehead atoms. The van der Waals surface area contributed by atoms with Gasteiger partial charge in [-0.2, -0.15) is 0 Å². The zero-order valence-corrected chi connectivity index (χ0v) is 10.5. The Kier molecular flexibility index (Phi) is 3.37. The highest BCUT2D eigenvalue weighted by atomic mass is 16.4. The third-order valence-corrected chi connectivity index (χ3v) is 2.85. The number of pyridine rings is 1. The number of phenols is 1. The first-order valence-electron chi connectivity index (χ1n) is 5.65. The van der Waals surface area contributed by atoms with Crippen LogP contribution in [-0.4, -0.2) is 32.2 Å². The molecule has 1 heterocycles. The number of hydrogen-bond donors (Lipinski definition) is 5. The Bertz CT molecular complexity index is 809. The van der Waals surface area contributed by atoms with E-state index in [-0.39, 0.29) is 11.3 Å². The summed E-state index contributed by atoms with van der Waals surface area (Å²) < 4.78 is 0. The Labute approximate surface area is 117 Å². The van der Waals surface area contributed by atoms with Crippen LogP contribution in [0, 0.1) is 0 Å². The molecule has 1 aromatic carbocycles. The summed E-state index contributed by atoms with van der Waals surface area (Å²) in [6.45, 7) is 0. The molecule has 0 saturated heterocycles. The lowest BCUT2D eigenvalue weighted by molar-refractivity contribution is 0.0695. The van der Waals surface area contributed by atoms with Gasteiger partial charge in [0.15, 0.2) is 0 Å². The maximum atomic E-state index is 11.8. The van der Waals surface area contributed by atoms with Crippen LogP contribution >= 0.6 is 0 Å². The molecule has 8 heteroatoms. The third-order valence-electron chi connectivity index (χ3n) is 2.85. The number of nitrogens with one attached hydrogen (secondary N) is 1. The molecule has 0 aliphatic rings. The van der Waals surface area contributed by atoms with Crippen LogP contribution in [0.5, 0.6) is 5.75 Å². The van der Waals surface area contributed by atoms with Crippen LogP contribution in [0.4, 0.5) is 5.82 Å². The lowest BCUT2D eigenvalue weighted by atomic mass is 9.95. The molecule has 0 fully saturated rings. The average Bonchev–Trinajstić information content (AvgIpc) is 2.37. The van der Waals surface area contributed by atoms with Gasteiger partial charge in [-0.3, -0.25) is 4.79 Å². The monoisotopic (exact) mass is 290 g/mol. The fourth-order valence-corrected chi connectivity index (χ4v) is 2.00. The van der Waals surface area contributed by atoms with E-state index in [4.69, 9.17) is 10.8 Å². The van der Waals surface area contributed by atoms with Gasteiger partial charge in [-0.1, -0.05) is 18.2 Å². The Morgan fingerprint density at radius 3 is 2.14 bits per heavy atom. The molecular formula is C13H10N2O6. The van der Waals surface area contributed by atoms with Crippen molar-refractivity contribution in [1.82, 2.24) is 4.98 Å². The summed E-state index contributed by atoms with van der Waals surface area (Å²) in [6, 6.07) is 5.46. The lowest BCUT2D eigenvalue weighted by Gasteiger charge is -2.12. The molecule has 0 aliphatic heterocycles. The molecule has 0 unspecified atom stereocenters. The van der Waals surface area contributed by atoms with Gasteiger partial charge in [-0.05, 0) is 6.07 Å². The van der Waals surface area contributed by atoms with E-state index in [2.05, 4.69) is 0 Å². The number of aromatic amines is 1. The van der Waals surface area contributed by atoms with E-state index in [9.17, 15) is 24.6 Å². The maximum absolute atomic E-state index is 11.8. The van der Waals surface area contributed by atoms with Gasteiger partial charge < -0.3 is 26.0 Å². The lowest BCUT2D eigenvalue weighted by Crippen LogP contribution is -2.24. The van der Waals surface area contributed by atoms with E-state index >= 15 is 0 Å². The molecule has 0 radical (unpaired) electrons. The van der Waals surface area contributed by atoms with Gasteiger partial charge in [-0.25, -0.2) is 9.59 Å². The van der Waals surface area contributed by atoms with Crippen LogP contribution in [0.15, 0.2) is 29.1 Å². The number of aromatic nitrogens is 1. The van der Waals surface area contributed by atoms with E-state index in [1.807, 2.05) is 4.98 Å². The molecule has 0 atom stereocenters. The Morgan fingerprint density at radius 2 is 1.62 bits per heavy atom. The summed E-state index contributed by atoms with van der Waals surface area (Å²) in [4.78, 5) is 36.4. The SMILES string of the molecule is Nc1[nH]c(=O)c(C(=O)O)c(-c2ccccc2O)c1C(=O)O. The molecule has 6 N–H and O–H groups in total. The number of phenolic OH excluding ortho intramolecular Hbond substituents is 1. The van der Waals surface area contributed by atoms with Crippen LogP contribution in [0.1, 0.15) is 20.7 Å². The molecule has 2 aromatic rings. The highest BCUT2D eigenvalue weighted by molar-refractivity contribution is 6.07. The van der Waals surface area contributed by atoms with Crippen molar-refractivity contribution in [3.8, 4) is 16.9 Å². The summed E-state index contributed by atoms with van der Waals surface area (Å²) in [6.07, 6.45) is 0. The summed E-state index contributed by atoms with van der Waals surface area (Å²) in [5, 5.41) is 28.2. The molecule has 1 aromatic heterocycles. The number of carbonyl (C=O) groups is 2. The maximum Gasteiger partial charge on any atom is 0.342 e. The fraction of sp³-hybridized carbons (Fsp3) is 0. The zero-order valence-electron chi connectivity index (χ0n) is 10.5. The molecule has 0 spiro atoms. The molecule has 108 valence electrons. The van der Waals surface area contributed by atoms with Crippen molar-refractivity contribution in [2.75, 3.05) is 5.73 Å². The van der Waals surface area contributed by atoms with Crippen LogP contribution in [-0.2, 0) is 0 Å². The predicted octanol–water partition coefficient (Wildman–Crippen LogP) is 0.726. The molecule has 8 nitrogen and oxygen atoms in total. The molecule has 0 saturated carbocycles. The first-order chi connectivity index (χ1) is 9.84. The number of carboxylic acids is 2. The Hall–Kier alpha value is -3.29. The predicted molar refractivity (Wildman–Crippen MR) is 72.5 cm³/mol. The number of nitrogens with two attached hydrogens (primary N) is 1. The molecule has 21 heavy (non-hydrogen) atoms. The highest BCUT2D eigenvalue weighted by Crippen LogP contribution is 2.34. The normalized spacial score (nSPS) is 10.3. The van der Waals surface area contributed by atoms with Gasteiger partial charge in [0.25, 0.3) is 5.56 Å². The largest absolute Gasteiger partial charge is 0.507 e. The number of para-hydroxylation sites is 1. The smallest absolute Gasteiger partial charge is 0.342 e. The van der Waals surface area contributed by atoms with E-state index in [1.165, 1.54) is 24.3 Å². The number of aromatic carboxylic acids is 2. The third kappa shape index (κ3) is 2.29. The van der Waals surface area contributed by atoms with E-state index in [0.29, 0.717) is 0 Å². The van der Waals surface area contributed by atoms with Crippen molar-refractivity contribution < 1.29 is 24.9 Å². The van der Waals surface area contributed by atoms with Crippen LogP contribution in [0.2, 0.25) is 0 Å². The number of H-pyrrole nitrogens is 1. The fourth-order valence-electron chi connectivity index (χ4n) is 2.00. The van der Waals surface area contributed by atoms with Crippen LogP contribution in [0.25, 0.3) is 11.1 Å². The Morgan fingerprint density at radius 1 is 1.05 bits per heavy atom. The minimum Gasteiger partial charge on any atom is -0.507 e. The quantitative estimate of drug-likeness (QED) is 0.558. The van der Waals surface area contributed by atoms with Gasteiger partial charge in [0.1, 0.15) is 22.7 Å². The van der Waals surface area contributed by atoms with Crippen molar-refractivity contribution >= 4 is 17.8 Å². The second-order valence-electron chi connectivity index (χ2n) is 4.12. The summed E-state index contributed by atoms with van der Waals surface area (Å²) in [5.41, 5.74) is 2.48. The van der Waals surface area contributed by atoms with E-state index in [1.54, 1.807) is 0 Å². The molecule has 0 aliphatic carbocycles. The number of carboxylic acid groups (broad SMARTS) is 2. The van der Waals surface area contributed by atoms with Crippen molar-refractivity contribution in [3.63, 3.8) is 0 Å². The first kappa shape index (κ1) is 14.1. The second-order valence-corrected chi connectivity index (χ2v) is 4.12. The van der Waals surface area contributed by atoms with Gasteiger partial charge in [0, 0.05) is 11.1 Å². The van der Waals surface area contributed by atoms with E-state index < -0.39 is 40.0 Å². The number of hydrogen-bond acceptors (Lipinski definition) is 5. The van der Waals surface area contributed by atoms with Crippen molar-refractivity contribution in [1.29, 1.82) is 0 Å². The number of anilines is 1. The van der Waals surface area contributed by atoms with Crippen molar-refractivity contribution in [2.45, 2.75) is 0 Å². The Balaban J connectivity index is 3.04. The van der Waals surface area contributed by atoms with Crippen LogP contribution in [0.3, 0.4) is 0 Å². The number of aromatic hydroxyl groups is 1. The number of rotatable bonds is 3. The van der Waals surface area contributed by atoms with Gasteiger partial charge >= 0.3 is 11.9 Å². The van der Waals surface area contributed by atoms with Gasteiger partial charge in [-0.15, -0.1) is 0 Å². The molecule has 2 rings (SSSR count). The first-order valence-corrected chi connectivity index (χ1v) is 5.65. The number of nitrogen functional groups attached to an aromatic ring is 1. The van der Waals surface area contributed by atoms with Gasteiger partial charge in [0.05, 0.1) is 0 Å². The molecular weight excluding hydrogens is 280 g/mol. The topological polar surface area (TPSA) is 154 Å². The average molecular weight is 290 g/mol. The highest BCUT2D eigenvalue weighted by Gasteiger charge is 2.27. The zero-order chi connectivity index (χ0) is 15.7. The standard InChI is InChI=1S/C13H10N2O6/c14-10-8(12(18)19)7(5-3-1-2-4-6(5)16)9(13(20)21)11(17)15-10/h1-4,16H,(H,18,19)(H,20,21)(H3,14,15,17). The van der Waals surface area contributed by atoms with Crippen molar-refractivity contribution in [3.05, 3.63) is 45.7 Å². The summed E-state index contributed by atoms with van der Waals surface area (Å²) >= 11 is 0. The van der Waals surface area contributed by atoms with Gasteiger partial charge in [0.2, 0.25) is 0 Å².